The molecule has 1 atom stereocenters. The van der Waals surface area contributed by atoms with Crippen LogP contribution in [0.15, 0.2) is 29.2 Å². The highest BCUT2D eigenvalue weighted by atomic mass is 32.2. The van der Waals surface area contributed by atoms with Crippen molar-refractivity contribution in [2.24, 2.45) is 0 Å². The van der Waals surface area contributed by atoms with Crippen molar-refractivity contribution in [3.05, 3.63) is 35.7 Å². The number of nitrogens with one attached hydrogen (secondary N) is 1. The predicted octanol–water partition coefficient (Wildman–Crippen LogP) is 1.51. The number of rotatable bonds is 4. The van der Waals surface area contributed by atoms with Gasteiger partial charge in [-0.2, -0.15) is 5.10 Å². The molecular weight excluding hydrogens is 394 g/mol. The van der Waals surface area contributed by atoms with E-state index in [-0.39, 0.29) is 35.7 Å². The maximum atomic E-state index is 13.2. The van der Waals surface area contributed by atoms with Crippen molar-refractivity contribution in [3.8, 4) is 0 Å². The van der Waals surface area contributed by atoms with Crippen LogP contribution in [-0.2, 0) is 26.2 Å². The molecule has 1 aliphatic heterocycles. The Bertz CT molecular complexity index is 1070. The second-order valence-electron chi connectivity index (χ2n) is 7.33. The Morgan fingerprint density at radius 2 is 1.93 bits per heavy atom. The van der Waals surface area contributed by atoms with E-state index in [0.717, 1.165) is 4.31 Å². The Balaban J connectivity index is 1.98. The Hall–Kier alpha value is -2.72. The van der Waals surface area contributed by atoms with E-state index in [9.17, 15) is 18.0 Å². The summed E-state index contributed by atoms with van der Waals surface area (Å²) in [4.78, 5) is 27.0. The fraction of sp³-hybridized carbons (Fsp3) is 0.421. The van der Waals surface area contributed by atoms with Crippen LogP contribution in [0.5, 0.6) is 0 Å². The highest BCUT2D eigenvalue weighted by molar-refractivity contribution is 7.89. The normalized spacial score (nSPS) is 17.1. The number of hydrogen-bond acceptors (Lipinski definition) is 5. The molecule has 0 spiro atoms. The molecule has 0 aliphatic carbocycles. The molecule has 3 rings (SSSR count). The van der Waals surface area contributed by atoms with E-state index >= 15 is 0 Å². The third kappa shape index (κ3) is 3.77. The summed E-state index contributed by atoms with van der Waals surface area (Å²) >= 11 is 0. The molecule has 156 valence electrons. The van der Waals surface area contributed by atoms with Crippen molar-refractivity contribution in [2.45, 2.75) is 44.7 Å². The van der Waals surface area contributed by atoms with Crippen LogP contribution in [0.2, 0.25) is 0 Å². The van der Waals surface area contributed by atoms with Crippen LogP contribution in [0.25, 0.3) is 0 Å². The third-order valence-electron chi connectivity index (χ3n) is 4.97. The number of benzene rings is 1. The lowest BCUT2D eigenvalue weighted by Gasteiger charge is -2.28. The lowest BCUT2D eigenvalue weighted by molar-refractivity contribution is -0.120. The van der Waals surface area contributed by atoms with E-state index in [1.807, 2.05) is 6.92 Å². The zero-order valence-corrected chi connectivity index (χ0v) is 17.9. The smallest absolute Gasteiger partial charge is 0.249 e. The average Bonchev–Trinajstić information content (AvgIpc) is 2.82. The first kappa shape index (κ1) is 21.0. The number of fused-ring (bicyclic) bond motifs is 1. The molecule has 1 aromatic heterocycles. The largest absolute Gasteiger partial charge is 0.324 e. The lowest BCUT2D eigenvalue weighted by atomic mass is 10.1. The molecule has 0 bridgehead atoms. The maximum absolute atomic E-state index is 13.2. The van der Waals surface area contributed by atoms with Crippen molar-refractivity contribution in [2.75, 3.05) is 24.3 Å². The summed E-state index contributed by atoms with van der Waals surface area (Å²) in [5.74, 6) is -0.438. The van der Waals surface area contributed by atoms with Crippen LogP contribution in [-0.4, -0.2) is 54.5 Å². The Morgan fingerprint density at radius 1 is 1.28 bits per heavy atom. The molecule has 2 amide bonds. The van der Waals surface area contributed by atoms with Gasteiger partial charge in [-0.25, -0.2) is 12.7 Å². The predicted molar refractivity (Wildman–Crippen MR) is 109 cm³/mol. The van der Waals surface area contributed by atoms with Gasteiger partial charge in [-0.15, -0.1) is 0 Å². The fourth-order valence-corrected chi connectivity index (χ4v) is 4.82. The van der Waals surface area contributed by atoms with E-state index in [1.165, 1.54) is 18.8 Å². The number of anilines is 2. The van der Waals surface area contributed by atoms with Crippen molar-refractivity contribution >= 4 is 33.2 Å². The van der Waals surface area contributed by atoms with Gasteiger partial charge < -0.3 is 10.2 Å². The zero-order chi connectivity index (χ0) is 21.5. The van der Waals surface area contributed by atoms with Crippen molar-refractivity contribution in [1.29, 1.82) is 0 Å². The monoisotopic (exact) mass is 419 g/mol. The van der Waals surface area contributed by atoms with Gasteiger partial charge in [-0.1, -0.05) is 12.1 Å². The quantitative estimate of drug-likeness (QED) is 0.809. The molecule has 1 aromatic carbocycles. The number of carbonyl (C=O) groups excluding carboxylic acids is 2. The molecule has 29 heavy (non-hydrogen) atoms. The summed E-state index contributed by atoms with van der Waals surface area (Å²) in [6.45, 7) is 4.91. The van der Waals surface area contributed by atoms with Crippen LogP contribution in [0, 0.1) is 13.8 Å². The van der Waals surface area contributed by atoms with Crippen LogP contribution >= 0.6 is 0 Å². The Morgan fingerprint density at radius 3 is 2.59 bits per heavy atom. The molecular formula is C19H25N5O4S. The first-order valence-electron chi connectivity index (χ1n) is 9.21. The number of amides is 2. The topological polar surface area (TPSA) is 105 Å². The van der Waals surface area contributed by atoms with E-state index in [2.05, 4.69) is 10.4 Å². The van der Waals surface area contributed by atoms with E-state index in [4.69, 9.17) is 0 Å². The van der Waals surface area contributed by atoms with Gasteiger partial charge in [0.25, 0.3) is 0 Å². The third-order valence-corrected chi connectivity index (χ3v) is 7.03. The number of nitrogens with zero attached hydrogens (tertiary/aromatic N) is 4. The number of hydrogen-bond donors (Lipinski definition) is 1. The SMILES string of the molecule is Cc1nn(CC(=O)N2c3ccccc3NC(=O)C[C@@H]2C)c(C)c1S(=O)(=O)N(C)C. The summed E-state index contributed by atoms with van der Waals surface area (Å²) in [5.41, 5.74) is 1.91. The molecule has 0 saturated carbocycles. The zero-order valence-electron chi connectivity index (χ0n) is 17.1. The number of carbonyl (C=O) groups is 2. The van der Waals surface area contributed by atoms with Gasteiger partial charge >= 0.3 is 0 Å². The second-order valence-corrected chi connectivity index (χ2v) is 9.42. The minimum atomic E-state index is -3.68. The fourth-order valence-electron chi connectivity index (χ4n) is 3.56. The van der Waals surface area contributed by atoms with E-state index in [0.29, 0.717) is 22.8 Å². The number of aryl methyl sites for hydroxylation is 1. The second kappa shape index (κ2) is 7.60. The first-order chi connectivity index (χ1) is 13.5. The van der Waals surface area contributed by atoms with Gasteiger partial charge in [0.2, 0.25) is 21.8 Å². The van der Waals surface area contributed by atoms with E-state index < -0.39 is 10.0 Å². The van der Waals surface area contributed by atoms with Gasteiger partial charge in [0.1, 0.15) is 11.4 Å². The van der Waals surface area contributed by atoms with Gasteiger partial charge in [0.05, 0.1) is 22.8 Å². The molecule has 1 N–H and O–H groups in total. The van der Waals surface area contributed by atoms with Crippen LogP contribution in [0.3, 0.4) is 0 Å². The minimum absolute atomic E-state index is 0.108. The first-order valence-corrected chi connectivity index (χ1v) is 10.7. The molecule has 10 heteroatoms. The van der Waals surface area contributed by atoms with Crippen LogP contribution < -0.4 is 10.2 Å². The van der Waals surface area contributed by atoms with Gasteiger partial charge in [0.15, 0.2) is 0 Å². The number of aromatic nitrogens is 2. The van der Waals surface area contributed by atoms with Crippen molar-refractivity contribution in [3.63, 3.8) is 0 Å². The van der Waals surface area contributed by atoms with Crippen LogP contribution in [0.1, 0.15) is 24.7 Å². The molecule has 9 nitrogen and oxygen atoms in total. The maximum Gasteiger partial charge on any atom is 0.249 e. The highest BCUT2D eigenvalue weighted by Gasteiger charge is 2.32. The molecule has 2 aromatic rings. The molecule has 1 aliphatic rings. The molecule has 0 radical (unpaired) electrons. The Labute approximate surface area is 170 Å². The molecule has 2 heterocycles. The molecule has 0 fully saturated rings. The van der Waals surface area contributed by atoms with Gasteiger partial charge in [0, 0.05) is 26.6 Å². The summed E-state index contributed by atoms with van der Waals surface area (Å²) in [6, 6.07) is 6.76. The van der Waals surface area contributed by atoms with Gasteiger partial charge in [-0.05, 0) is 32.9 Å². The van der Waals surface area contributed by atoms with Crippen molar-refractivity contribution < 1.29 is 18.0 Å². The molecule has 0 saturated heterocycles. The summed E-state index contributed by atoms with van der Waals surface area (Å²) in [7, 11) is -0.770. The highest BCUT2D eigenvalue weighted by Crippen LogP contribution is 2.31. The minimum Gasteiger partial charge on any atom is -0.324 e. The summed E-state index contributed by atoms with van der Waals surface area (Å²) < 4.78 is 27.7. The lowest BCUT2D eigenvalue weighted by Crippen LogP contribution is -2.41. The van der Waals surface area contributed by atoms with E-state index in [1.54, 1.807) is 43.0 Å². The summed E-state index contributed by atoms with van der Waals surface area (Å²) in [6.07, 6.45) is 0.164. The number of sulfonamides is 1. The number of para-hydroxylation sites is 2. The standard InChI is InChI=1S/C19H25N5O4S/c1-12-10-17(25)20-15-8-6-7-9-16(15)24(12)18(26)11-23-14(3)19(13(2)21-23)29(27,28)22(4)5/h6-9,12H,10-11H2,1-5H3,(H,20,25)/t12-/m0/s1. The summed E-state index contributed by atoms with van der Waals surface area (Å²) in [5, 5.41) is 7.11. The molecule has 0 unspecified atom stereocenters. The Kier molecular flexibility index (Phi) is 5.50. The van der Waals surface area contributed by atoms with Crippen LogP contribution in [0.4, 0.5) is 11.4 Å². The average molecular weight is 420 g/mol. The van der Waals surface area contributed by atoms with Gasteiger partial charge in [-0.3, -0.25) is 14.3 Å². The van der Waals surface area contributed by atoms with Crippen molar-refractivity contribution in [1.82, 2.24) is 14.1 Å².